The van der Waals surface area contributed by atoms with Gasteiger partial charge in [0.15, 0.2) is 11.5 Å². The van der Waals surface area contributed by atoms with Crippen LogP contribution < -0.4 is 10.2 Å². The summed E-state index contributed by atoms with van der Waals surface area (Å²) >= 11 is 0. The Hall–Kier alpha value is -3.63. The zero-order valence-corrected chi connectivity index (χ0v) is 21.3. The number of aryl methyl sites for hydroxylation is 1. The van der Waals surface area contributed by atoms with Crippen LogP contribution in [0, 0.1) is 5.92 Å². The third-order valence-electron chi connectivity index (χ3n) is 7.16. The third-order valence-corrected chi connectivity index (χ3v) is 7.16. The second kappa shape index (κ2) is 9.04. The number of nitrogens with zero attached hydrogens (tertiary/aromatic N) is 6. The predicted octanol–water partition coefficient (Wildman–Crippen LogP) is 3.23. The molecule has 5 heterocycles. The van der Waals surface area contributed by atoms with Gasteiger partial charge in [-0.1, -0.05) is 6.92 Å². The number of carbonyl (C=O) groups excluding carboxylic acids is 1. The van der Waals surface area contributed by atoms with E-state index in [9.17, 15) is 9.90 Å². The molecule has 1 saturated carbocycles. The van der Waals surface area contributed by atoms with Gasteiger partial charge in [0.1, 0.15) is 11.9 Å². The van der Waals surface area contributed by atoms with Gasteiger partial charge in [-0.05, 0) is 51.3 Å². The maximum Gasteiger partial charge on any atom is 0.228 e. The molecule has 1 amide bonds. The van der Waals surface area contributed by atoms with Gasteiger partial charge in [-0.3, -0.25) is 9.78 Å². The average Bonchev–Trinajstić information content (AvgIpc) is 3.66. The van der Waals surface area contributed by atoms with E-state index in [-0.39, 0.29) is 17.9 Å². The highest BCUT2D eigenvalue weighted by atomic mass is 16.5. The molecule has 4 aromatic rings. The molecule has 10 nitrogen and oxygen atoms in total. The van der Waals surface area contributed by atoms with Crippen molar-refractivity contribution in [3.05, 3.63) is 42.5 Å². The summed E-state index contributed by atoms with van der Waals surface area (Å²) < 4.78 is 7.56. The van der Waals surface area contributed by atoms with Crippen molar-refractivity contribution in [1.82, 2.24) is 24.6 Å². The van der Waals surface area contributed by atoms with Crippen molar-refractivity contribution in [3.63, 3.8) is 0 Å². The first kappa shape index (κ1) is 23.7. The molecule has 0 radical (unpaired) electrons. The monoisotopic (exact) mass is 501 g/mol. The minimum Gasteiger partial charge on any atom is -0.388 e. The molecule has 192 valence electrons. The predicted molar refractivity (Wildman–Crippen MR) is 141 cm³/mol. The molecule has 2 aliphatic rings. The van der Waals surface area contributed by atoms with Gasteiger partial charge in [-0.25, -0.2) is 14.5 Å². The first-order valence-corrected chi connectivity index (χ1v) is 12.8. The SMILES string of the molecule is CCc1ncc(-c2nc3ccc(N4CCO[C@@H](C(C)(C)O)C4)cn3n2)c2cc(NC(=O)C3CC3)ncc12. The molecule has 0 bridgehead atoms. The summed E-state index contributed by atoms with van der Waals surface area (Å²) in [5.41, 5.74) is 2.50. The van der Waals surface area contributed by atoms with Crippen LogP contribution in [0.1, 0.15) is 39.3 Å². The smallest absolute Gasteiger partial charge is 0.228 e. The second-order valence-corrected chi connectivity index (χ2v) is 10.4. The summed E-state index contributed by atoms with van der Waals surface area (Å²) in [4.78, 5) is 28.4. The van der Waals surface area contributed by atoms with Crippen LogP contribution in [0.4, 0.5) is 11.5 Å². The molecular weight excluding hydrogens is 470 g/mol. The zero-order chi connectivity index (χ0) is 25.7. The minimum atomic E-state index is -0.923. The normalized spacial score (nSPS) is 18.5. The van der Waals surface area contributed by atoms with Crippen molar-refractivity contribution >= 4 is 33.8 Å². The Labute approximate surface area is 214 Å². The number of amides is 1. The Balaban J connectivity index is 1.36. The van der Waals surface area contributed by atoms with Crippen molar-refractivity contribution in [2.75, 3.05) is 29.9 Å². The minimum absolute atomic E-state index is 0.0199. The van der Waals surface area contributed by atoms with Gasteiger partial charge in [-0.15, -0.1) is 5.10 Å². The number of hydrogen-bond donors (Lipinski definition) is 2. The number of morpholine rings is 1. The van der Waals surface area contributed by atoms with Crippen molar-refractivity contribution in [2.24, 2.45) is 5.92 Å². The van der Waals surface area contributed by atoms with Crippen LogP contribution in [0.25, 0.3) is 27.8 Å². The lowest BCUT2D eigenvalue weighted by Gasteiger charge is -2.39. The van der Waals surface area contributed by atoms with Gasteiger partial charge in [0.25, 0.3) is 0 Å². The van der Waals surface area contributed by atoms with E-state index in [1.54, 1.807) is 30.8 Å². The van der Waals surface area contributed by atoms with Gasteiger partial charge in [0, 0.05) is 53.4 Å². The van der Waals surface area contributed by atoms with Crippen molar-refractivity contribution < 1.29 is 14.6 Å². The number of aromatic nitrogens is 5. The molecule has 0 unspecified atom stereocenters. The van der Waals surface area contributed by atoms with E-state index in [2.05, 4.69) is 27.1 Å². The molecule has 2 N–H and O–H groups in total. The van der Waals surface area contributed by atoms with E-state index in [0.717, 1.165) is 59.2 Å². The van der Waals surface area contributed by atoms with Gasteiger partial charge in [-0.2, -0.15) is 0 Å². The lowest BCUT2D eigenvalue weighted by Crippen LogP contribution is -2.52. The number of nitrogens with one attached hydrogen (secondary N) is 1. The summed E-state index contributed by atoms with van der Waals surface area (Å²) in [5.74, 6) is 1.20. The number of ether oxygens (including phenoxy) is 1. The van der Waals surface area contributed by atoms with Gasteiger partial charge >= 0.3 is 0 Å². The van der Waals surface area contributed by atoms with Crippen LogP contribution in [0.2, 0.25) is 0 Å². The lowest BCUT2D eigenvalue weighted by atomic mass is 10.00. The molecule has 1 saturated heterocycles. The van der Waals surface area contributed by atoms with Crippen LogP contribution in [-0.2, 0) is 16.0 Å². The van der Waals surface area contributed by atoms with Crippen LogP contribution in [0.5, 0.6) is 0 Å². The number of aliphatic hydroxyl groups is 1. The summed E-state index contributed by atoms with van der Waals surface area (Å²) in [7, 11) is 0. The molecule has 4 aromatic heterocycles. The van der Waals surface area contributed by atoms with Crippen LogP contribution >= 0.6 is 0 Å². The Morgan fingerprint density at radius 3 is 2.81 bits per heavy atom. The number of carbonyl (C=O) groups is 1. The fourth-order valence-electron chi connectivity index (χ4n) is 4.78. The molecule has 2 fully saturated rings. The zero-order valence-electron chi connectivity index (χ0n) is 21.3. The molecular formula is C27H31N7O3. The van der Waals surface area contributed by atoms with E-state index in [1.807, 2.05) is 24.4 Å². The number of fused-ring (bicyclic) bond motifs is 2. The molecule has 0 aromatic carbocycles. The molecule has 0 spiro atoms. The van der Waals surface area contributed by atoms with Crippen molar-refractivity contribution in [1.29, 1.82) is 0 Å². The fourth-order valence-corrected chi connectivity index (χ4v) is 4.78. The molecule has 37 heavy (non-hydrogen) atoms. The second-order valence-electron chi connectivity index (χ2n) is 10.4. The fraction of sp³-hybridized carbons (Fsp3) is 0.444. The summed E-state index contributed by atoms with van der Waals surface area (Å²) in [6.07, 6.45) is 7.89. The summed E-state index contributed by atoms with van der Waals surface area (Å²) in [6, 6.07) is 5.86. The standard InChI is InChI=1S/C27H31N7O3/c1-4-21-19-12-29-23(30-26(35)16-5-6-16)11-18(19)20(13-28-21)25-31-24-8-7-17(14-34(24)32-25)33-9-10-37-22(15-33)27(2,3)36/h7-8,11-14,16,22,36H,4-6,9-10,15H2,1-3H3,(H,29,30,35)/t22-/m1/s1. The Kier molecular flexibility index (Phi) is 5.80. The largest absolute Gasteiger partial charge is 0.388 e. The molecule has 1 atom stereocenters. The highest BCUT2D eigenvalue weighted by Crippen LogP contribution is 2.33. The Morgan fingerprint density at radius 1 is 1.22 bits per heavy atom. The first-order valence-electron chi connectivity index (χ1n) is 12.8. The van der Waals surface area contributed by atoms with Gasteiger partial charge < -0.3 is 20.1 Å². The third kappa shape index (κ3) is 4.62. The molecule has 1 aliphatic heterocycles. The number of anilines is 2. The van der Waals surface area contributed by atoms with E-state index in [4.69, 9.17) is 14.8 Å². The molecule has 1 aliphatic carbocycles. The Morgan fingerprint density at radius 2 is 2.05 bits per heavy atom. The highest BCUT2D eigenvalue weighted by Gasteiger charge is 2.33. The van der Waals surface area contributed by atoms with E-state index in [1.165, 1.54) is 0 Å². The van der Waals surface area contributed by atoms with Gasteiger partial charge in [0.2, 0.25) is 5.91 Å². The maximum atomic E-state index is 12.3. The topological polar surface area (TPSA) is 118 Å². The van der Waals surface area contributed by atoms with E-state index in [0.29, 0.717) is 24.8 Å². The van der Waals surface area contributed by atoms with Crippen LogP contribution in [0.3, 0.4) is 0 Å². The van der Waals surface area contributed by atoms with E-state index >= 15 is 0 Å². The highest BCUT2D eigenvalue weighted by molar-refractivity contribution is 6.00. The number of pyridine rings is 3. The average molecular weight is 502 g/mol. The molecule has 6 rings (SSSR count). The van der Waals surface area contributed by atoms with E-state index < -0.39 is 5.60 Å². The van der Waals surface area contributed by atoms with Crippen LogP contribution in [-0.4, -0.2) is 67.0 Å². The molecule has 10 heteroatoms. The number of rotatable bonds is 6. The lowest BCUT2D eigenvalue weighted by molar-refractivity contribution is -0.117. The van der Waals surface area contributed by atoms with Crippen molar-refractivity contribution in [2.45, 2.75) is 51.7 Å². The van der Waals surface area contributed by atoms with Gasteiger partial charge in [0.05, 0.1) is 24.1 Å². The van der Waals surface area contributed by atoms with Crippen LogP contribution in [0.15, 0.2) is 36.8 Å². The van der Waals surface area contributed by atoms with Crippen molar-refractivity contribution in [3.8, 4) is 11.4 Å². The summed E-state index contributed by atoms with van der Waals surface area (Å²) in [6.45, 7) is 7.47. The maximum absolute atomic E-state index is 12.3. The summed E-state index contributed by atoms with van der Waals surface area (Å²) in [5, 5.41) is 20.0. The first-order chi connectivity index (χ1) is 17.8. The quantitative estimate of drug-likeness (QED) is 0.414. The Bertz CT molecular complexity index is 1490. The number of hydrogen-bond acceptors (Lipinski definition) is 8.